The molecular formula is C59H44N2S. The first-order valence-corrected chi connectivity index (χ1v) is 21.9. The summed E-state index contributed by atoms with van der Waals surface area (Å²) in [5.74, 6) is 0. The Balaban J connectivity index is 0.997. The van der Waals surface area contributed by atoms with Crippen molar-refractivity contribution in [2.24, 2.45) is 0 Å². The second-order valence-corrected chi connectivity index (χ2v) is 16.5. The summed E-state index contributed by atoms with van der Waals surface area (Å²) in [5.41, 5.74) is 17.6. The van der Waals surface area contributed by atoms with Crippen molar-refractivity contribution in [2.45, 2.75) is 6.92 Å². The Hall–Kier alpha value is -7.72. The molecule has 10 aromatic rings. The van der Waals surface area contributed by atoms with Crippen molar-refractivity contribution >= 4 is 44.8 Å². The fourth-order valence-electron chi connectivity index (χ4n) is 8.24. The van der Waals surface area contributed by atoms with Crippen molar-refractivity contribution in [3.8, 4) is 54.9 Å². The van der Waals surface area contributed by atoms with E-state index in [1.807, 2.05) is 11.3 Å². The first kappa shape index (κ1) is 38.5. The third kappa shape index (κ3) is 8.10. The molecule has 9 aromatic carbocycles. The molecule has 2 nitrogen and oxygen atoms in total. The average molecular weight is 813 g/mol. The topological polar surface area (TPSA) is 6.48 Å². The highest BCUT2D eigenvalue weighted by Gasteiger charge is 2.19. The first-order chi connectivity index (χ1) is 30.6. The monoisotopic (exact) mass is 812 g/mol. The molecule has 0 saturated heterocycles. The van der Waals surface area contributed by atoms with Gasteiger partial charge in [-0.2, -0.15) is 0 Å². The Morgan fingerprint density at radius 2 is 0.581 bits per heavy atom. The Morgan fingerprint density at radius 3 is 0.919 bits per heavy atom. The van der Waals surface area contributed by atoms with Crippen LogP contribution in [-0.2, 0) is 0 Å². The van der Waals surface area contributed by atoms with E-state index in [0.29, 0.717) is 0 Å². The molecule has 0 aliphatic heterocycles. The number of hydrogen-bond donors (Lipinski definition) is 0. The Bertz CT molecular complexity index is 2850. The summed E-state index contributed by atoms with van der Waals surface area (Å²) < 4.78 is 0. The second kappa shape index (κ2) is 17.5. The molecule has 0 amide bonds. The maximum Gasteiger partial charge on any atom is 0.101 e. The molecule has 1 aromatic heterocycles. The SMILES string of the molecule is Cc1cc(N(c2ccc(-c3ccccc3)cc2)c2ccc(-c3ccccc3)cc2)ccc1-c1ccc(N(c2ccc(-c3ccccc3)cc2)c2ccc(-c3ccccc3)cc2)s1. The van der Waals surface area contributed by atoms with Crippen LogP contribution in [0.1, 0.15) is 5.56 Å². The molecule has 0 aliphatic carbocycles. The minimum absolute atomic E-state index is 1.11. The zero-order valence-corrected chi connectivity index (χ0v) is 35.3. The lowest BCUT2D eigenvalue weighted by Gasteiger charge is -2.27. The summed E-state index contributed by atoms with van der Waals surface area (Å²) in [5, 5.41) is 1.15. The number of thiophene rings is 1. The van der Waals surface area contributed by atoms with Gasteiger partial charge >= 0.3 is 0 Å². The van der Waals surface area contributed by atoms with Crippen molar-refractivity contribution in [1.82, 2.24) is 0 Å². The van der Waals surface area contributed by atoms with Crippen LogP contribution in [0.4, 0.5) is 33.4 Å². The van der Waals surface area contributed by atoms with Crippen LogP contribution in [0.25, 0.3) is 54.9 Å². The minimum atomic E-state index is 1.11. The van der Waals surface area contributed by atoms with Crippen LogP contribution in [0, 0.1) is 6.92 Å². The normalized spacial score (nSPS) is 11.0. The summed E-state index contributed by atoms with van der Waals surface area (Å²) >= 11 is 1.82. The van der Waals surface area contributed by atoms with E-state index in [4.69, 9.17) is 0 Å². The molecule has 0 radical (unpaired) electrons. The molecule has 0 bridgehead atoms. The van der Waals surface area contributed by atoms with E-state index >= 15 is 0 Å². The molecule has 1 heterocycles. The Kier molecular flexibility index (Phi) is 10.8. The summed E-state index contributed by atoms with van der Waals surface area (Å²) in [6, 6.07) is 89.4. The number of nitrogens with zero attached hydrogens (tertiary/aromatic N) is 2. The summed E-state index contributed by atoms with van der Waals surface area (Å²) in [6.07, 6.45) is 0. The van der Waals surface area contributed by atoms with Crippen LogP contribution < -0.4 is 9.80 Å². The van der Waals surface area contributed by atoms with Gasteiger partial charge in [-0.1, -0.05) is 176 Å². The lowest BCUT2D eigenvalue weighted by molar-refractivity contribution is 1.27. The van der Waals surface area contributed by atoms with Gasteiger partial charge in [0.1, 0.15) is 5.00 Å². The van der Waals surface area contributed by atoms with Gasteiger partial charge in [0.25, 0.3) is 0 Å². The predicted octanol–water partition coefficient (Wildman–Crippen LogP) is 17.3. The van der Waals surface area contributed by atoms with Gasteiger partial charge in [0.15, 0.2) is 0 Å². The fourth-order valence-corrected chi connectivity index (χ4v) is 9.38. The Morgan fingerprint density at radius 1 is 0.274 bits per heavy atom. The minimum Gasteiger partial charge on any atom is -0.310 e. The van der Waals surface area contributed by atoms with E-state index in [9.17, 15) is 0 Å². The molecule has 0 atom stereocenters. The molecule has 0 saturated carbocycles. The van der Waals surface area contributed by atoms with Gasteiger partial charge in [0.05, 0.1) is 0 Å². The smallest absolute Gasteiger partial charge is 0.101 e. The molecule has 0 fully saturated rings. The van der Waals surface area contributed by atoms with E-state index < -0.39 is 0 Å². The van der Waals surface area contributed by atoms with Crippen LogP contribution in [0.2, 0.25) is 0 Å². The molecule has 0 unspecified atom stereocenters. The van der Waals surface area contributed by atoms with Gasteiger partial charge in [-0.3, -0.25) is 0 Å². The lowest BCUT2D eigenvalue weighted by atomic mass is 10.0. The van der Waals surface area contributed by atoms with Crippen molar-refractivity contribution in [3.05, 3.63) is 254 Å². The van der Waals surface area contributed by atoms with E-state index in [1.165, 1.54) is 60.5 Å². The van der Waals surface area contributed by atoms with E-state index in [1.54, 1.807) is 0 Å². The van der Waals surface area contributed by atoms with Crippen LogP contribution in [0.5, 0.6) is 0 Å². The predicted molar refractivity (Wildman–Crippen MR) is 266 cm³/mol. The first-order valence-electron chi connectivity index (χ1n) is 21.1. The van der Waals surface area contributed by atoms with Gasteiger partial charge < -0.3 is 9.80 Å². The average Bonchev–Trinajstić information content (AvgIpc) is 3.83. The van der Waals surface area contributed by atoms with Crippen molar-refractivity contribution in [1.29, 1.82) is 0 Å². The van der Waals surface area contributed by atoms with Crippen LogP contribution >= 0.6 is 11.3 Å². The molecule has 0 N–H and O–H groups in total. The highest BCUT2D eigenvalue weighted by atomic mass is 32.1. The number of anilines is 6. The molecular weight excluding hydrogens is 769 g/mol. The maximum absolute atomic E-state index is 2.38. The summed E-state index contributed by atoms with van der Waals surface area (Å²) in [6.45, 7) is 2.23. The second-order valence-electron chi connectivity index (χ2n) is 15.5. The molecule has 0 aliphatic rings. The highest BCUT2D eigenvalue weighted by molar-refractivity contribution is 7.19. The summed E-state index contributed by atoms with van der Waals surface area (Å²) in [7, 11) is 0. The van der Waals surface area contributed by atoms with Crippen molar-refractivity contribution < 1.29 is 0 Å². The number of rotatable bonds is 11. The Labute approximate surface area is 368 Å². The molecule has 0 spiro atoms. The van der Waals surface area contributed by atoms with E-state index in [0.717, 1.165) is 33.4 Å². The van der Waals surface area contributed by atoms with E-state index in [2.05, 4.69) is 265 Å². The standard InChI is InChI=1S/C59H44N2S/c1-43-42-56(60(52-30-22-48(23-31-52)44-14-6-2-7-15-44)53-32-24-49(25-33-53)45-16-8-3-9-17-45)38-39-57(43)58-40-41-59(62-58)61(54-34-26-50(27-35-54)46-18-10-4-11-19-46)55-36-28-51(29-37-55)47-20-12-5-13-21-47/h2-42H,1H3. The third-order valence-corrected chi connectivity index (χ3v) is 12.6. The van der Waals surface area contributed by atoms with Crippen LogP contribution in [-0.4, -0.2) is 0 Å². The maximum atomic E-state index is 2.38. The van der Waals surface area contributed by atoms with Crippen LogP contribution in [0.3, 0.4) is 0 Å². The van der Waals surface area contributed by atoms with Gasteiger partial charge in [-0.15, -0.1) is 11.3 Å². The van der Waals surface area contributed by atoms with Gasteiger partial charge in [0, 0.05) is 33.3 Å². The zero-order valence-electron chi connectivity index (χ0n) is 34.5. The number of hydrogen-bond acceptors (Lipinski definition) is 3. The van der Waals surface area contributed by atoms with Crippen molar-refractivity contribution in [2.75, 3.05) is 9.80 Å². The molecule has 62 heavy (non-hydrogen) atoms. The number of aryl methyl sites for hydroxylation is 1. The molecule has 10 rings (SSSR count). The zero-order chi connectivity index (χ0) is 41.7. The van der Waals surface area contributed by atoms with E-state index in [-0.39, 0.29) is 0 Å². The molecule has 3 heteroatoms. The third-order valence-electron chi connectivity index (χ3n) is 11.5. The van der Waals surface area contributed by atoms with Gasteiger partial charge in [0.2, 0.25) is 0 Å². The van der Waals surface area contributed by atoms with Crippen molar-refractivity contribution in [3.63, 3.8) is 0 Å². The largest absolute Gasteiger partial charge is 0.310 e. The quantitative estimate of drug-likeness (QED) is 0.128. The highest BCUT2D eigenvalue weighted by Crippen LogP contribution is 2.45. The summed E-state index contributed by atoms with van der Waals surface area (Å²) in [4.78, 5) is 5.96. The van der Waals surface area contributed by atoms with Gasteiger partial charge in [-0.05, 0) is 135 Å². The lowest BCUT2D eigenvalue weighted by Crippen LogP contribution is -2.10. The fraction of sp³-hybridized carbons (Fsp3) is 0.0169. The van der Waals surface area contributed by atoms with Crippen LogP contribution in [0.15, 0.2) is 249 Å². The number of benzene rings is 9. The van der Waals surface area contributed by atoms with Gasteiger partial charge in [-0.25, -0.2) is 0 Å². The molecule has 296 valence electrons.